The number of nitrogens with two attached hydrogens (primary N) is 2. The molecule has 0 aliphatic carbocycles. The number of anilines is 2. The van der Waals surface area contributed by atoms with Crippen molar-refractivity contribution >= 4 is 32.2 Å². The van der Waals surface area contributed by atoms with Gasteiger partial charge >= 0.3 is 0 Å². The van der Waals surface area contributed by atoms with Crippen LogP contribution in [0.3, 0.4) is 0 Å². The largest absolute Gasteiger partial charge is 0.398 e. The highest BCUT2D eigenvalue weighted by Crippen LogP contribution is 2.21. The molecule has 5 N–H and O–H groups in total. The summed E-state index contributed by atoms with van der Waals surface area (Å²) < 4.78 is 33.0. The van der Waals surface area contributed by atoms with Crippen molar-refractivity contribution in [2.24, 2.45) is 5.14 Å². The third-order valence-corrected chi connectivity index (χ3v) is 3.80. The Labute approximate surface area is 103 Å². The Morgan fingerprint density at radius 1 is 1.41 bits per heavy atom. The number of nitrogens with one attached hydrogen (secondary N) is 1. The van der Waals surface area contributed by atoms with Crippen LogP contribution < -0.4 is 16.2 Å². The summed E-state index contributed by atoms with van der Waals surface area (Å²) in [6.45, 7) is 0.525. The number of hydrogen-bond donors (Lipinski definition) is 3. The van der Waals surface area contributed by atoms with Gasteiger partial charge in [0.05, 0.1) is 5.69 Å². The van der Waals surface area contributed by atoms with Crippen LogP contribution in [0.4, 0.5) is 11.4 Å². The Kier molecular flexibility index (Phi) is 4.49. The van der Waals surface area contributed by atoms with E-state index in [1.54, 1.807) is 12.3 Å². The van der Waals surface area contributed by atoms with Crippen molar-refractivity contribution in [2.75, 3.05) is 29.6 Å². The molecule has 0 saturated carbocycles. The normalized spacial score (nSPS) is 13.3. The molecule has 0 saturated heterocycles. The van der Waals surface area contributed by atoms with Gasteiger partial charge in [-0.05, 0) is 18.2 Å². The lowest BCUT2D eigenvalue weighted by atomic mass is 10.3. The molecule has 0 radical (unpaired) electrons. The van der Waals surface area contributed by atoms with Gasteiger partial charge in [-0.2, -0.15) is 0 Å². The SMILES string of the molecule is CS(=O)CCNc1ccc(S(N)(=O)=O)c(N)c1. The highest BCUT2D eigenvalue weighted by atomic mass is 32.2. The standard InChI is InChI=1S/C9H15N3O3S2/c1-16(13)5-4-12-7-2-3-9(8(10)6-7)17(11,14)15/h2-3,6,12H,4-5,10H2,1H3,(H2,11,14,15). The van der Waals surface area contributed by atoms with E-state index >= 15 is 0 Å². The zero-order valence-electron chi connectivity index (χ0n) is 9.34. The molecular formula is C9H15N3O3S2. The van der Waals surface area contributed by atoms with Crippen LogP contribution in [0.5, 0.6) is 0 Å². The summed E-state index contributed by atoms with van der Waals surface area (Å²) >= 11 is 0. The van der Waals surface area contributed by atoms with Gasteiger partial charge in [-0.25, -0.2) is 13.6 Å². The Morgan fingerprint density at radius 3 is 2.53 bits per heavy atom. The Morgan fingerprint density at radius 2 is 2.06 bits per heavy atom. The fourth-order valence-electron chi connectivity index (χ4n) is 1.26. The van der Waals surface area contributed by atoms with Gasteiger partial charge in [0, 0.05) is 35.0 Å². The molecule has 6 nitrogen and oxygen atoms in total. The Hall–Kier alpha value is -1.12. The lowest BCUT2D eigenvalue weighted by Gasteiger charge is -2.08. The molecule has 0 amide bonds. The van der Waals surface area contributed by atoms with Gasteiger partial charge in [0.25, 0.3) is 0 Å². The maximum Gasteiger partial charge on any atom is 0.240 e. The first-order valence-electron chi connectivity index (χ1n) is 4.77. The van der Waals surface area contributed by atoms with E-state index < -0.39 is 20.8 Å². The molecule has 0 heterocycles. The molecule has 0 aliphatic heterocycles. The van der Waals surface area contributed by atoms with Crippen LogP contribution in [-0.2, 0) is 20.8 Å². The zero-order chi connectivity index (χ0) is 13.1. The average Bonchev–Trinajstić information content (AvgIpc) is 2.14. The van der Waals surface area contributed by atoms with Gasteiger partial charge in [-0.1, -0.05) is 0 Å². The zero-order valence-corrected chi connectivity index (χ0v) is 11.0. The topological polar surface area (TPSA) is 115 Å². The molecule has 0 spiro atoms. The molecule has 17 heavy (non-hydrogen) atoms. The molecule has 0 bridgehead atoms. The number of benzene rings is 1. The van der Waals surface area contributed by atoms with Crippen LogP contribution in [0.25, 0.3) is 0 Å². The van der Waals surface area contributed by atoms with E-state index in [9.17, 15) is 12.6 Å². The first-order chi connectivity index (χ1) is 7.80. The summed E-state index contributed by atoms with van der Waals surface area (Å²) in [6.07, 6.45) is 1.61. The van der Waals surface area contributed by atoms with E-state index in [-0.39, 0.29) is 10.6 Å². The van der Waals surface area contributed by atoms with Crippen molar-refractivity contribution < 1.29 is 12.6 Å². The van der Waals surface area contributed by atoms with E-state index in [0.717, 1.165) is 0 Å². The van der Waals surface area contributed by atoms with Crippen LogP contribution in [0.1, 0.15) is 0 Å². The van der Waals surface area contributed by atoms with Gasteiger partial charge in [0.15, 0.2) is 0 Å². The maximum atomic E-state index is 11.1. The summed E-state index contributed by atoms with van der Waals surface area (Å²) in [5.41, 5.74) is 6.34. The van der Waals surface area contributed by atoms with Crippen LogP contribution in [-0.4, -0.2) is 31.2 Å². The number of sulfonamides is 1. The average molecular weight is 277 g/mol. The fourth-order valence-corrected chi connectivity index (χ4v) is 2.29. The summed E-state index contributed by atoms with van der Waals surface area (Å²) in [7, 11) is -4.66. The maximum absolute atomic E-state index is 11.1. The Bertz CT molecular complexity index is 528. The molecule has 96 valence electrons. The van der Waals surface area contributed by atoms with Crippen molar-refractivity contribution in [3.8, 4) is 0 Å². The minimum absolute atomic E-state index is 0.0927. The molecule has 1 atom stereocenters. The summed E-state index contributed by atoms with van der Waals surface area (Å²) in [5.74, 6) is 0.511. The van der Waals surface area contributed by atoms with Crippen LogP contribution in [0.15, 0.2) is 23.1 Å². The molecule has 1 rings (SSSR count). The predicted molar refractivity (Wildman–Crippen MR) is 69.7 cm³/mol. The number of rotatable bonds is 5. The predicted octanol–water partition coefficient (Wildman–Crippen LogP) is -0.293. The van der Waals surface area contributed by atoms with E-state index in [4.69, 9.17) is 10.9 Å². The lowest BCUT2D eigenvalue weighted by molar-refractivity contribution is 0.598. The molecular weight excluding hydrogens is 262 g/mol. The monoisotopic (exact) mass is 277 g/mol. The second-order valence-electron chi connectivity index (χ2n) is 3.50. The summed E-state index contributed by atoms with van der Waals surface area (Å²) in [5, 5.41) is 7.97. The number of hydrogen-bond acceptors (Lipinski definition) is 5. The van der Waals surface area contributed by atoms with Crippen molar-refractivity contribution in [1.29, 1.82) is 0 Å². The quantitative estimate of drug-likeness (QED) is 0.639. The molecule has 8 heteroatoms. The molecule has 0 aliphatic rings. The van der Waals surface area contributed by atoms with Gasteiger partial charge < -0.3 is 11.1 Å². The second-order valence-corrected chi connectivity index (χ2v) is 6.59. The number of primary sulfonamides is 1. The first kappa shape index (κ1) is 13.9. The van der Waals surface area contributed by atoms with Crippen molar-refractivity contribution in [3.63, 3.8) is 0 Å². The first-order valence-corrected chi connectivity index (χ1v) is 8.04. The minimum Gasteiger partial charge on any atom is -0.398 e. The number of nitrogen functional groups attached to an aromatic ring is 1. The Balaban J connectivity index is 2.79. The van der Waals surface area contributed by atoms with Crippen LogP contribution in [0.2, 0.25) is 0 Å². The van der Waals surface area contributed by atoms with E-state index in [1.165, 1.54) is 12.1 Å². The van der Waals surface area contributed by atoms with E-state index in [1.807, 2.05) is 0 Å². The summed E-state index contributed by atoms with van der Waals surface area (Å²) in [4.78, 5) is -0.0953. The molecule has 1 aromatic carbocycles. The van der Waals surface area contributed by atoms with Gasteiger partial charge in [-0.15, -0.1) is 0 Å². The van der Waals surface area contributed by atoms with Crippen molar-refractivity contribution in [2.45, 2.75) is 4.90 Å². The smallest absolute Gasteiger partial charge is 0.240 e. The van der Waals surface area contributed by atoms with Crippen LogP contribution >= 0.6 is 0 Å². The molecule has 0 fully saturated rings. The van der Waals surface area contributed by atoms with E-state index in [2.05, 4.69) is 5.32 Å². The van der Waals surface area contributed by atoms with Crippen molar-refractivity contribution in [3.05, 3.63) is 18.2 Å². The highest BCUT2D eigenvalue weighted by Gasteiger charge is 2.11. The lowest BCUT2D eigenvalue weighted by Crippen LogP contribution is -2.15. The second kappa shape index (κ2) is 5.48. The minimum atomic E-state index is -3.79. The molecule has 0 aromatic heterocycles. The summed E-state index contributed by atoms with van der Waals surface area (Å²) in [6, 6.07) is 4.39. The third kappa shape index (κ3) is 4.33. The molecule has 1 aromatic rings. The van der Waals surface area contributed by atoms with Crippen LogP contribution in [0, 0.1) is 0 Å². The highest BCUT2D eigenvalue weighted by molar-refractivity contribution is 7.89. The van der Waals surface area contributed by atoms with Gasteiger partial charge in [0.2, 0.25) is 10.0 Å². The van der Waals surface area contributed by atoms with E-state index in [0.29, 0.717) is 18.0 Å². The third-order valence-electron chi connectivity index (χ3n) is 2.03. The fraction of sp³-hybridized carbons (Fsp3) is 0.333. The van der Waals surface area contributed by atoms with Gasteiger partial charge in [0.1, 0.15) is 4.90 Å². The van der Waals surface area contributed by atoms with Crippen molar-refractivity contribution in [1.82, 2.24) is 0 Å². The van der Waals surface area contributed by atoms with Gasteiger partial charge in [-0.3, -0.25) is 4.21 Å². The molecule has 1 unspecified atom stereocenters.